The van der Waals surface area contributed by atoms with Gasteiger partial charge in [-0.25, -0.2) is 0 Å². The number of aliphatic hydroxyl groups excluding tert-OH is 1. The van der Waals surface area contributed by atoms with E-state index in [0.29, 0.717) is 10.9 Å². The van der Waals surface area contributed by atoms with Crippen molar-refractivity contribution < 1.29 is 5.11 Å². The molecule has 1 aromatic carbocycles. The molecule has 0 aliphatic rings. The van der Waals surface area contributed by atoms with E-state index in [-0.39, 0.29) is 0 Å². The summed E-state index contributed by atoms with van der Waals surface area (Å²) in [6.07, 6.45) is 0.367. The van der Waals surface area contributed by atoms with Crippen LogP contribution in [0.4, 0.5) is 0 Å². The van der Waals surface area contributed by atoms with Crippen molar-refractivity contribution in [2.45, 2.75) is 33.3 Å². The Labute approximate surface area is 116 Å². The fourth-order valence-electron chi connectivity index (χ4n) is 2.05. The zero-order valence-electron chi connectivity index (χ0n) is 11.6. The third kappa shape index (κ3) is 5.38. The summed E-state index contributed by atoms with van der Waals surface area (Å²) in [6.45, 7) is 9.65. The van der Waals surface area contributed by atoms with Gasteiger partial charge in [-0.1, -0.05) is 44.5 Å². The molecule has 0 radical (unpaired) electrons. The van der Waals surface area contributed by atoms with Crippen molar-refractivity contribution in [3.8, 4) is 0 Å². The molecule has 0 saturated heterocycles. The predicted octanol–water partition coefficient (Wildman–Crippen LogP) is 3.74. The maximum Gasteiger partial charge on any atom is 0.0802 e. The molecule has 0 amide bonds. The summed E-state index contributed by atoms with van der Waals surface area (Å²) in [5.74, 6) is 0.664. The van der Waals surface area contributed by atoms with Crippen LogP contribution in [0, 0.1) is 5.92 Å². The highest BCUT2D eigenvalue weighted by molar-refractivity contribution is 6.30. The molecule has 0 fully saturated rings. The minimum Gasteiger partial charge on any atom is -0.388 e. The molecule has 1 unspecified atom stereocenters. The van der Waals surface area contributed by atoms with Crippen LogP contribution >= 0.6 is 11.6 Å². The topological polar surface area (TPSA) is 23.5 Å². The van der Waals surface area contributed by atoms with Gasteiger partial charge in [0.25, 0.3) is 0 Å². The first kappa shape index (κ1) is 15.5. The Morgan fingerprint density at radius 3 is 2.33 bits per heavy atom. The van der Waals surface area contributed by atoms with Gasteiger partial charge in [0.1, 0.15) is 0 Å². The van der Waals surface area contributed by atoms with Gasteiger partial charge in [0.2, 0.25) is 0 Å². The van der Waals surface area contributed by atoms with Gasteiger partial charge in [-0.3, -0.25) is 0 Å². The second-order valence-electron chi connectivity index (χ2n) is 5.14. The quantitative estimate of drug-likeness (QED) is 0.815. The molecule has 102 valence electrons. The second-order valence-corrected chi connectivity index (χ2v) is 5.58. The van der Waals surface area contributed by atoms with Gasteiger partial charge in [0.05, 0.1) is 6.10 Å². The highest BCUT2D eigenvalue weighted by Gasteiger charge is 2.11. The van der Waals surface area contributed by atoms with E-state index in [0.717, 1.165) is 31.6 Å². The number of hydrogen-bond donors (Lipinski definition) is 1. The van der Waals surface area contributed by atoms with Crippen LogP contribution in [0.1, 0.15) is 38.9 Å². The summed E-state index contributed by atoms with van der Waals surface area (Å²) >= 11 is 5.83. The highest BCUT2D eigenvalue weighted by atomic mass is 35.5. The van der Waals surface area contributed by atoms with E-state index in [2.05, 4.69) is 25.7 Å². The molecule has 0 saturated carbocycles. The van der Waals surface area contributed by atoms with Crippen LogP contribution in [-0.2, 0) is 0 Å². The number of benzene rings is 1. The Bertz CT molecular complexity index is 337. The summed E-state index contributed by atoms with van der Waals surface area (Å²) < 4.78 is 0. The molecule has 0 bridgehead atoms. The lowest BCUT2D eigenvalue weighted by Crippen LogP contribution is -2.29. The van der Waals surface area contributed by atoms with Crippen LogP contribution in [-0.4, -0.2) is 29.6 Å². The van der Waals surface area contributed by atoms with Crippen molar-refractivity contribution in [1.82, 2.24) is 4.90 Å². The van der Waals surface area contributed by atoms with Gasteiger partial charge in [0.15, 0.2) is 0 Å². The zero-order chi connectivity index (χ0) is 13.5. The summed E-state index contributed by atoms with van der Waals surface area (Å²) in [4.78, 5) is 2.38. The summed E-state index contributed by atoms with van der Waals surface area (Å²) in [7, 11) is 0. The SMILES string of the molecule is CCN(CCC(O)c1ccc(Cl)cc1)CC(C)C. The molecule has 1 atom stereocenters. The van der Waals surface area contributed by atoms with Crippen LogP contribution in [0.15, 0.2) is 24.3 Å². The van der Waals surface area contributed by atoms with Gasteiger partial charge in [0, 0.05) is 18.1 Å². The van der Waals surface area contributed by atoms with E-state index in [1.165, 1.54) is 0 Å². The maximum absolute atomic E-state index is 10.1. The largest absolute Gasteiger partial charge is 0.388 e. The average Bonchev–Trinajstić information content (AvgIpc) is 2.34. The first-order valence-electron chi connectivity index (χ1n) is 6.68. The normalized spacial score (nSPS) is 13.3. The minimum atomic E-state index is -0.400. The molecule has 1 N–H and O–H groups in total. The van der Waals surface area contributed by atoms with E-state index in [9.17, 15) is 5.11 Å². The van der Waals surface area contributed by atoms with Gasteiger partial charge in [-0.05, 0) is 36.6 Å². The fraction of sp³-hybridized carbons (Fsp3) is 0.600. The van der Waals surface area contributed by atoms with E-state index in [1.807, 2.05) is 24.3 Å². The molecule has 0 aromatic heterocycles. The first-order valence-corrected chi connectivity index (χ1v) is 7.06. The van der Waals surface area contributed by atoms with Gasteiger partial charge < -0.3 is 10.0 Å². The third-order valence-corrected chi connectivity index (χ3v) is 3.30. The Balaban J connectivity index is 2.44. The molecule has 0 aliphatic heterocycles. The molecular weight excluding hydrogens is 246 g/mol. The van der Waals surface area contributed by atoms with Crippen LogP contribution < -0.4 is 0 Å². The van der Waals surface area contributed by atoms with Crippen molar-refractivity contribution >= 4 is 11.6 Å². The Morgan fingerprint density at radius 2 is 1.83 bits per heavy atom. The monoisotopic (exact) mass is 269 g/mol. The summed E-state index contributed by atoms with van der Waals surface area (Å²) in [5.41, 5.74) is 0.944. The van der Waals surface area contributed by atoms with Crippen LogP contribution in [0.25, 0.3) is 0 Å². The molecule has 0 spiro atoms. The second kappa shape index (κ2) is 7.78. The highest BCUT2D eigenvalue weighted by Crippen LogP contribution is 2.19. The van der Waals surface area contributed by atoms with Crippen molar-refractivity contribution in [3.63, 3.8) is 0 Å². The number of rotatable bonds is 7. The van der Waals surface area contributed by atoms with Crippen molar-refractivity contribution in [2.24, 2.45) is 5.92 Å². The lowest BCUT2D eigenvalue weighted by molar-refractivity contribution is 0.139. The lowest BCUT2D eigenvalue weighted by atomic mass is 10.1. The first-order chi connectivity index (χ1) is 8.52. The molecule has 2 nitrogen and oxygen atoms in total. The molecule has 0 aliphatic carbocycles. The van der Waals surface area contributed by atoms with Crippen molar-refractivity contribution in [2.75, 3.05) is 19.6 Å². The van der Waals surface area contributed by atoms with Gasteiger partial charge >= 0.3 is 0 Å². The molecule has 3 heteroatoms. The van der Waals surface area contributed by atoms with Gasteiger partial charge in [-0.2, -0.15) is 0 Å². The van der Waals surface area contributed by atoms with Crippen LogP contribution in [0.2, 0.25) is 5.02 Å². The minimum absolute atomic E-state index is 0.400. The molecule has 18 heavy (non-hydrogen) atoms. The molecule has 1 aromatic rings. The van der Waals surface area contributed by atoms with Crippen molar-refractivity contribution in [1.29, 1.82) is 0 Å². The van der Waals surface area contributed by atoms with E-state index >= 15 is 0 Å². The van der Waals surface area contributed by atoms with E-state index in [4.69, 9.17) is 11.6 Å². The maximum atomic E-state index is 10.1. The van der Waals surface area contributed by atoms with Crippen molar-refractivity contribution in [3.05, 3.63) is 34.9 Å². The Kier molecular flexibility index (Phi) is 6.69. The van der Waals surface area contributed by atoms with Crippen LogP contribution in [0.3, 0.4) is 0 Å². The molecule has 0 heterocycles. The predicted molar refractivity (Wildman–Crippen MR) is 78.0 cm³/mol. The number of aliphatic hydroxyl groups is 1. The zero-order valence-corrected chi connectivity index (χ0v) is 12.3. The third-order valence-electron chi connectivity index (χ3n) is 3.04. The molecular formula is C15H24ClNO. The van der Waals surface area contributed by atoms with E-state index < -0.39 is 6.10 Å². The fourth-order valence-corrected chi connectivity index (χ4v) is 2.18. The smallest absolute Gasteiger partial charge is 0.0802 e. The summed E-state index contributed by atoms with van der Waals surface area (Å²) in [6, 6.07) is 7.44. The number of halogens is 1. The van der Waals surface area contributed by atoms with Crippen LogP contribution in [0.5, 0.6) is 0 Å². The van der Waals surface area contributed by atoms with Gasteiger partial charge in [-0.15, -0.1) is 0 Å². The summed E-state index contributed by atoms with van der Waals surface area (Å²) in [5, 5.41) is 10.8. The Morgan fingerprint density at radius 1 is 1.22 bits per heavy atom. The number of nitrogens with zero attached hydrogens (tertiary/aromatic N) is 1. The number of hydrogen-bond acceptors (Lipinski definition) is 2. The van der Waals surface area contributed by atoms with E-state index in [1.54, 1.807) is 0 Å². The lowest BCUT2D eigenvalue weighted by Gasteiger charge is -2.23. The average molecular weight is 270 g/mol. The molecule has 1 rings (SSSR count). The Hall–Kier alpha value is -0.570. The standard InChI is InChI=1S/C15H24ClNO/c1-4-17(11-12(2)3)10-9-15(18)13-5-7-14(16)8-6-13/h5-8,12,15,18H,4,9-11H2,1-3H3.